The zero-order chi connectivity index (χ0) is 17.7. The van der Waals surface area contributed by atoms with Crippen LogP contribution < -0.4 is 5.32 Å². The Morgan fingerprint density at radius 3 is 2.26 bits per heavy atom. The molecule has 23 heavy (non-hydrogen) atoms. The number of rotatable bonds is 8. The molecule has 1 fully saturated rings. The smallest absolute Gasteiger partial charge is 0.410 e. The van der Waals surface area contributed by atoms with Crippen LogP contribution in [0.15, 0.2) is 0 Å². The van der Waals surface area contributed by atoms with E-state index in [2.05, 4.69) is 24.1 Å². The summed E-state index contributed by atoms with van der Waals surface area (Å²) >= 11 is 0. The van der Waals surface area contributed by atoms with Crippen molar-refractivity contribution in [3.05, 3.63) is 0 Å². The van der Waals surface area contributed by atoms with Crippen molar-refractivity contribution in [1.29, 1.82) is 0 Å². The molecule has 0 unspecified atom stereocenters. The van der Waals surface area contributed by atoms with Gasteiger partial charge in [-0.05, 0) is 33.9 Å². The Hall–Kier alpha value is -1.34. The highest BCUT2D eigenvalue weighted by atomic mass is 16.6. The SMILES string of the molecule is CCN(CC)CCNC1(CC(=O)O)CN(C(=O)OC(C)(C)C)C1. The van der Waals surface area contributed by atoms with Gasteiger partial charge in [-0.15, -0.1) is 0 Å². The van der Waals surface area contributed by atoms with Gasteiger partial charge in [-0.25, -0.2) is 4.79 Å². The number of ether oxygens (including phenoxy) is 1. The van der Waals surface area contributed by atoms with Crippen molar-refractivity contribution in [1.82, 2.24) is 15.1 Å². The molecule has 7 heteroatoms. The van der Waals surface area contributed by atoms with Gasteiger partial charge in [-0.1, -0.05) is 13.8 Å². The molecule has 0 spiro atoms. The monoisotopic (exact) mass is 329 g/mol. The third-order valence-corrected chi connectivity index (χ3v) is 3.95. The number of carboxylic acid groups (broad SMARTS) is 1. The minimum atomic E-state index is -0.857. The molecular weight excluding hydrogens is 298 g/mol. The number of likely N-dealkylation sites (tertiary alicyclic amines) is 1. The summed E-state index contributed by atoms with van der Waals surface area (Å²) in [7, 11) is 0. The van der Waals surface area contributed by atoms with E-state index in [4.69, 9.17) is 9.84 Å². The Labute approximate surface area is 139 Å². The summed E-state index contributed by atoms with van der Waals surface area (Å²) in [5, 5.41) is 12.5. The fourth-order valence-electron chi connectivity index (χ4n) is 2.73. The molecular formula is C16H31N3O4. The predicted molar refractivity (Wildman–Crippen MR) is 88.6 cm³/mol. The lowest BCUT2D eigenvalue weighted by molar-refractivity contribution is -0.141. The van der Waals surface area contributed by atoms with Crippen molar-refractivity contribution >= 4 is 12.1 Å². The summed E-state index contributed by atoms with van der Waals surface area (Å²) in [6, 6.07) is 0. The lowest BCUT2D eigenvalue weighted by atomic mass is 9.86. The molecule has 0 radical (unpaired) electrons. The number of amides is 1. The predicted octanol–water partition coefficient (Wildman–Crippen LogP) is 1.38. The topological polar surface area (TPSA) is 82.1 Å². The number of likely N-dealkylation sites (N-methyl/N-ethyl adjacent to an activating group) is 1. The van der Waals surface area contributed by atoms with Gasteiger partial charge in [0.15, 0.2) is 0 Å². The van der Waals surface area contributed by atoms with Crippen LogP contribution in [0.25, 0.3) is 0 Å². The molecule has 2 N–H and O–H groups in total. The third kappa shape index (κ3) is 6.35. The van der Waals surface area contributed by atoms with Crippen molar-refractivity contribution in [3.8, 4) is 0 Å². The first-order valence-corrected chi connectivity index (χ1v) is 8.28. The van der Waals surface area contributed by atoms with E-state index in [9.17, 15) is 9.59 Å². The fourth-order valence-corrected chi connectivity index (χ4v) is 2.73. The first-order chi connectivity index (χ1) is 10.6. The quantitative estimate of drug-likeness (QED) is 0.700. The number of nitrogens with zero attached hydrogens (tertiary/aromatic N) is 2. The normalized spacial score (nSPS) is 17.0. The lowest BCUT2D eigenvalue weighted by Crippen LogP contribution is -2.71. The summed E-state index contributed by atoms with van der Waals surface area (Å²) in [4.78, 5) is 27.0. The first-order valence-electron chi connectivity index (χ1n) is 8.28. The Morgan fingerprint density at radius 1 is 1.26 bits per heavy atom. The van der Waals surface area contributed by atoms with Gasteiger partial charge in [0.2, 0.25) is 0 Å². The number of aliphatic carboxylic acids is 1. The second-order valence-electron chi connectivity index (χ2n) is 7.14. The molecule has 1 heterocycles. The molecule has 1 saturated heterocycles. The van der Waals surface area contributed by atoms with E-state index >= 15 is 0 Å². The summed E-state index contributed by atoms with van der Waals surface area (Å²) in [5.41, 5.74) is -1.09. The summed E-state index contributed by atoms with van der Waals surface area (Å²) in [5.74, 6) is -0.857. The van der Waals surface area contributed by atoms with Gasteiger partial charge < -0.3 is 25.0 Å². The number of carboxylic acids is 1. The first kappa shape index (κ1) is 19.7. The molecule has 0 aliphatic carbocycles. The van der Waals surface area contributed by atoms with Crippen LogP contribution in [0.2, 0.25) is 0 Å². The van der Waals surface area contributed by atoms with Crippen LogP contribution in [0.3, 0.4) is 0 Å². The van der Waals surface area contributed by atoms with Crippen LogP contribution >= 0.6 is 0 Å². The van der Waals surface area contributed by atoms with Crippen molar-refractivity contribution in [2.75, 3.05) is 39.3 Å². The second-order valence-corrected chi connectivity index (χ2v) is 7.14. The van der Waals surface area contributed by atoms with Crippen LogP contribution in [0.5, 0.6) is 0 Å². The third-order valence-electron chi connectivity index (χ3n) is 3.95. The Bertz CT molecular complexity index is 410. The molecule has 1 aliphatic rings. The molecule has 134 valence electrons. The molecule has 1 aliphatic heterocycles. The van der Waals surface area contributed by atoms with Crippen LogP contribution in [-0.2, 0) is 9.53 Å². The number of nitrogens with one attached hydrogen (secondary N) is 1. The van der Waals surface area contributed by atoms with Crippen LogP contribution in [0.4, 0.5) is 4.79 Å². The van der Waals surface area contributed by atoms with Gasteiger partial charge in [0, 0.05) is 26.2 Å². The van der Waals surface area contributed by atoms with Crippen molar-refractivity contribution in [3.63, 3.8) is 0 Å². The molecule has 0 bridgehead atoms. The molecule has 0 aromatic heterocycles. The molecule has 0 saturated carbocycles. The van der Waals surface area contributed by atoms with Crippen LogP contribution in [-0.4, -0.2) is 77.4 Å². The minimum absolute atomic E-state index is 0.00451. The Balaban J connectivity index is 2.53. The highest BCUT2D eigenvalue weighted by Gasteiger charge is 2.47. The maximum atomic E-state index is 12.0. The summed E-state index contributed by atoms with van der Waals surface area (Å²) in [6.07, 6.45) is -0.381. The van der Waals surface area contributed by atoms with Gasteiger partial charge in [0.1, 0.15) is 5.60 Å². The summed E-state index contributed by atoms with van der Waals surface area (Å²) < 4.78 is 5.32. The van der Waals surface area contributed by atoms with Gasteiger partial charge in [-0.3, -0.25) is 4.79 Å². The molecule has 1 amide bonds. The Morgan fingerprint density at radius 2 is 1.83 bits per heavy atom. The lowest BCUT2D eigenvalue weighted by Gasteiger charge is -2.50. The summed E-state index contributed by atoms with van der Waals surface area (Å²) in [6.45, 7) is 13.9. The maximum absolute atomic E-state index is 12.0. The van der Waals surface area contributed by atoms with Gasteiger partial charge in [-0.2, -0.15) is 0 Å². The fraction of sp³-hybridized carbons (Fsp3) is 0.875. The van der Waals surface area contributed by atoms with Gasteiger partial charge >= 0.3 is 12.1 Å². The second kappa shape index (κ2) is 7.97. The van der Waals surface area contributed by atoms with E-state index in [-0.39, 0.29) is 12.5 Å². The molecule has 7 nitrogen and oxygen atoms in total. The van der Waals surface area contributed by atoms with Crippen LogP contribution in [0, 0.1) is 0 Å². The highest BCUT2D eigenvalue weighted by Crippen LogP contribution is 2.26. The standard InChI is InChI=1S/C16H31N3O4/c1-6-18(7-2)9-8-17-16(10-13(20)21)11-19(12-16)14(22)23-15(3,4)5/h17H,6-12H2,1-5H3,(H,20,21). The number of hydrogen-bond donors (Lipinski definition) is 2. The molecule has 1 rings (SSSR count). The number of carbonyl (C=O) groups excluding carboxylic acids is 1. The van der Waals surface area contributed by atoms with E-state index in [1.165, 1.54) is 0 Å². The van der Waals surface area contributed by atoms with Crippen molar-refractivity contribution in [2.24, 2.45) is 0 Å². The highest BCUT2D eigenvalue weighted by molar-refractivity contribution is 5.73. The largest absolute Gasteiger partial charge is 0.481 e. The van der Waals surface area contributed by atoms with E-state index in [1.807, 2.05) is 20.8 Å². The van der Waals surface area contributed by atoms with E-state index < -0.39 is 17.1 Å². The van der Waals surface area contributed by atoms with E-state index in [0.29, 0.717) is 19.6 Å². The van der Waals surface area contributed by atoms with Crippen LogP contribution in [0.1, 0.15) is 41.0 Å². The zero-order valence-corrected chi connectivity index (χ0v) is 15.0. The average molecular weight is 329 g/mol. The zero-order valence-electron chi connectivity index (χ0n) is 15.0. The van der Waals surface area contributed by atoms with Gasteiger partial charge in [0.05, 0.1) is 12.0 Å². The maximum Gasteiger partial charge on any atom is 0.410 e. The molecule has 0 aromatic carbocycles. The molecule has 0 aromatic rings. The van der Waals surface area contributed by atoms with E-state index in [0.717, 1.165) is 19.6 Å². The number of carbonyl (C=O) groups is 2. The van der Waals surface area contributed by atoms with Crippen molar-refractivity contribution in [2.45, 2.75) is 52.2 Å². The molecule has 0 atom stereocenters. The Kier molecular flexibility index (Phi) is 6.83. The van der Waals surface area contributed by atoms with Crippen molar-refractivity contribution < 1.29 is 19.4 Å². The average Bonchev–Trinajstić information content (AvgIpc) is 2.37. The number of hydrogen-bond acceptors (Lipinski definition) is 5. The minimum Gasteiger partial charge on any atom is -0.481 e. The van der Waals surface area contributed by atoms with E-state index in [1.54, 1.807) is 4.90 Å². The van der Waals surface area contributed by atoms with Gasteiger partial charge in [0.25, 0.3) is 0 Å².